The lowest BCUT2D eigenvalue weighted by atomic mass is 9.90. The van der Waals surface area contributed by atoms with Crippen molar-refractivity contribution in [2.75, 3.05) is 0 Å². The summed E-state index contributed by atoms with van der Waals surface area (Å²) in [6, 6.07) is 0. The molecule has 0 unspecified atom stereocenters. The van der Waals surface area contributed by atoms with E-state index in [0.29, 0.717) is 0 Å². The van der Waals surface area contributed by atoms with E-state index in [1.807, 2.05) is 0 Å². The third kappa shape index (κ3) is 4.32. The molecule has 0 aliphatic rings. The van der Waals surface area contributed by atoms with E-state index in [1.54, 1.807) is 0 Å². The van der Waals surface area contributed by atoms with E-state index < -0.39 is 17.4 Å². The highest BCUT2D eigenvalue weighted by atomic mass is 16.4. The molecule has 0 aliphatic heterocycles. The molecule has 0 radical (unpaired) electrons. The van der Waals surface area contributed by atoms with Gasteiger partial charge in [0.2, 0.25) is 0 Å². The molecule has 0 saturated heterocycles. The first-order valence-corrected chi connectivity index (χ1v) is 2.81. The van der Waals surface area contributed by atoms with Crippen molar-refractivity contribution >= 4 is 11.9 Å². The topological polar surface area (TPSA) is 110 Å². The van der Waals surface area contributed by atoms with Gasteiger partial charge in [0.05, 0.1) is 11.8 Å². The van der Waals surface area contributed by atoms with Crippen LogP contribution in [0.1, 0.15) is 20.3 Å². The molecule has 0 spiro atoms. The zero-order valence-electron chi connectivity index (χ0n) is 6.63. The molecule has 0 aromatic rings. The molecule has 0 aromatic carbocycles. The highest BCUT2D eigenvalue weighted by Crippen LogP contribution is 2.19. The second-order valence-corrected chi connectivity index (χ2v) is 2.76. The fourth-order valence-corrected chi connectivity index (χ4v) is 0.454. The second-order valence-electron chi connectivity index (χ2n) is 2.76. The first-order chi connectivity index (χ1) is 4.36. The van der Waals surface area contributed by atoms with Crippen LogP contribution >= 0.6 is 0 Å². The molecule has 0 heterocycles. The van der Waals surface area contributed by atoms with Crippen LogP contribution in [0, 0.1) is 5.41 Å². The molecule has 0 atom stereocenters. The van der Waals surface area contributed by atoms with Crippen molar-refractivity contribution in [1.29, 1.82) is 0 Å². The van der Waals surface area contributed by atoms with E-state index in [0.717, 1.165) is 0 Å². The number of carboxylic acids is 2. The smallest absolute Gasteiger partial charge is 0.309 e. The van der Waals surface area contributed by atoms with Gasteiger partial charge in [0, 0.05) is 0 Å². The maximum absolute atomic E-state index is 10.3. The summed E-state index contributed by atoms with van der Waals surface area (Å²) < 4.78 is 0. The molecule has 5 heteroatoms. The first kappa shape index (κ1) is 12.6. The molecular weight excluding hydrogens is 150 g/mol. The Morgan fingerprint density at radius 1 is 1.27 bits per heavy atom. The van der Waals surface area contributed by atoms with Crippen molar-refractivity contribution in [1.82, 2.24) is 6.15 Å². The van der Waals surface area contributed by atoms with E-state index in [4.69, 9.17) is 10.2 Å². The molecule has 0 fully saturated rings. The third-order valence-corrected chi connectivity index (χ3v) is 1.17. The molecule has 0 amide bonds. The summed E-state index contributed by atoms with van der Waals surface area (Å²) in [7, 11) is 0. The van der Waals surface area contributed by atoms with Crippen LogP contribution in [0.2, 0.25) is 0 Å². The highest BCUT2D eigenvalue weighted by Gasteiger charge is 2.29. The number of hydrogen-bond donors (Lipinski definition) is 3. The van der Waals surface area contributed by atoms with Gasteiger partial charge >= 0.3 is 11.9 Å². The van der Waals surface area contributed by atoms with E-state index in [9.17, 15) is 9.59 Å². The van der Waals surface area contributed by atoms with Crippen LogP contribution in [0.3, 0.4) is 0 Å². The third-order valence-electron chi connectivity index (χ3n) is 1.17. The van der Waals surface area contributed by atoms with Gasteiger partial charge in [0.1, 0.15) is 0 Å². The Labute approximate surface area is 64.6 Å². The molecular formula is C6H13NO4. The second kappa shape index (κ2) is 3.92. The van der Waals surface area contributed by atoms with Crippen molar-refractivity contribution in [2.24, 2.45) is 5.41 Å². The number of carboxylic acid groups (broad SMARTS) is 2. The predicted molar refractivity (Wildman–Crippen MR) is 38.7 cm³/mol. The van der Waals surface area contributed by atoms with Crippen LogP contribution < -0.4 is 6.15 Å². The minimum absolute atomic E-state index is 0. The maximum Gasteiger partial charge on any atom is 0.309 e. The average molecular weight is 163 g/mol. The SMILES string of the molecule is CC(C)(CC(=O)O)C(=O)O.N. The molecule has 0 rings (SSSR count). The Hall–Kier alpha value is -1.10. The minimum atomic E-state index is -1.16. The lowest BCUT2D eigenvalue weighted by Gasteiger charge is -2.14. The molecule has 0 saturated carbocycles. The molecule has 11 heavy (non-hydrogen) atoms. The molecule has 0 aliphatic carbocycles. The van der Waals surface area contributed by atoms with Crippen molar-refractivity contribution < 1.29 is 19.8 Å². The van der Waals surface area contributed by atoms with Crippen molar-refractivity contribution in [3.63, 3.8) is 0 Å². The zero-order chi connectivity index (χ0) is 8.36. The standard InChI is InChI=1S/C6H10O4.H3N/c1-6(2,5(9)10)3-4(7)8;/h3H2,1-2H3,(H,7,8)(H,9,10);1H3. The maximum atomic E-state index is 10.3. The summed E-state index contributed by atoms with van der Waals surface area (Å²) in [6.07, 6.45) is -0.345. The summed E-state index contributed by atoms with van der Waals surface area (Å²) >= 11 is 0. The van der Waals surface area contributed by atoms with E-state index in [-0.39, 0.29) is 12.6 Å². The van der Waals surface area contributed by atoms with Crippen molar-refractivity contribution in [3.05, 3.63) is 0 Å². The quantitative estimate of drug-likeness (QED) is 0.568. The van der Waals surface area contributed by atoms with Crippen molar-refractivity contribution in [2.45, 2.75) is 20.3 Å². The van der Waals surface area contributed by atoms with Gasteiger partial charge in [-0.1, -0.05) is 0 Å². The van der Waals surface area contributed by atoms with Crippen LogP contribution in [0.15, 0.2) is 0 Å². The van der Waals surface area contributed by atoms with Gasteiger partial charge < -0.3 is 16.4 Å². The van der Waals surface area contributed by atoms with Gasteiger partial charge in [-0.15, -0.1) is 0 Å². The highest BCUT2D eigenvalue weighted by molar-refractivity contribution is 5.80. The van der Waals surface area contributed by atoms with Crippen molar-refractivity contribution in [3.8, 4) is 0 Å². The molecule has 0 aromatic heterocycles. The fraction of sp³-hybridized carbons (Fsp3) is 0.667. The van der Waals surface area contributed by atoms with Crippen LogP contribution in [0.5, 0.6) is 0 Å². The van der Waals surface area contributed by atoms with E-state index in [2.05, 4.69) is 0 Å². The first-order valence-electron chi connectivity index (χ1n) is 2.81. The lowest BCUT2D eigenvalue weighted by molar-refractivity contribution is -0.153. The number of carbonyl (C=O) groups is 2. The van der Waals surface area contributed by atoms with E-state index >= 15 is 0 Å². The Morgan fingerprint density at radius 2 is 1.64 bits per heavy atom. The number of rotatable bonds is 3. The molecule has 5 nitrogen and oxygen atoms in total. The summed E-state index contributed by atoms with van der Waals surface area (Å²) in [5, 5.41) is 16.7. The van der Waals surface area contributed by atoms with Gasteiger partial charge in [-0.25, -0.2) is 0 Å². The minimum Gasteiger partial charge on any atom is -0.481 e. The number of aliphatic carboxylic acids is 2. The van der Waals surface area contributed by atoms with Crippen LogP contribution in [0.25, 0.3) is 0 Å². The summed E-state index contributed by atoms with van der Waals surface area (Å²) in [6.45, 7) is 2.76. The summed E-state index contributed by atoms with van der Waals surface area (Å²) in [4.78, 5) is 20.3. The Kier molecular flexibility index (Phi) is 4.48. The van der Waals surface area contributed by atoms with Gasteiger partial charge in [-0.2, -0.15) is 0 Å². The van der Waals surface area contributed by atoms with E-state index in [1.165, 1.54) is 13.8 Å². The normalized spacial score (nSPS) is 10.0. The van der Waals surface area contributed by atoms with Crippen LogP contribution in [0.4, 0.5) is 0 Å². The Balaban J connectivity index is 0. The van der Waals surface area contributed by atoms with Crippen LogP contribution in [-0.2, 0) is 9.59 Å². The lowest BCUT2D eigenvalue weighted by Crippen LogP contribution is -2.26. The molecule has 0 bridgehead atoms. The Morgan fingerprint density at radius 3 is 1.73 bits per heavy atom. The average Bonchev–Trinajstić information content (AvgIpc) is 1.60. The molecule has 66 valence electrons. The van der Waals surface area contributed by atoms with Gasteiger partial charge in [-0.05, 0) is 13.8 Å². The Bertz CT molecular complexity index is 164. The van der Waals surface area contributed by atoms with Gasteiger partial charge in [-0.3, -0.25) is 9.59 Å². The predicted octanol–water partition coefficient (Wildman–Crippen LogP) is 0.734. The van der Waals surface area contributed by atoms with Crippen LogP contribution in [-0.4, -0.2) is 22.2 Å². The summed E-state index contributed by atoms with van der Waals surface area (Å²) in [5.41, 5.74) is -1.16. The number of hydrogen-bond acceptors (Lipinski definition) is 3. The summed E-state index contributed by atoms with van der Waals surface area (Å²) in [5.74, 6) is -2.18. The molecule has 5 N–H and O–H groups in total. The monoisotopic (exact) mass is 163 g/mol. The van der Waals surface area contributed by atoms with Gasteiger partial charge in [0.25, 0.3) is 0 Å². The fourth-order valence-electron chi connectivity index (χ4n) is 0.454. The zero-order valence-corrected chi connectivity index (χ0v) is 6.63. The van der Waals surface area contributed by atoms with Gasteiger partial charge in [0.15, 0.2) is 0 Å². The largest absolute Gasteiger partial charge is 0.481 e.